The summed E-state index contributed by atoms with van der Waals surface area (Å²) in [5.41, 5.74) is 0.457. The lowest BCUT2D eigenvalue weighted by molar-refractivity contribution is -0.143. The summed E-state index contributed by atoms with van der Waals surface area (Å²) in [6.07, 6.45) is 0.0530. The van der Waals surface area contributed by atoms with Gasteiger partial charge in [-0.3, -0.25) is 4.79 Å². The minimum Gasteiger partial charge on any atom is -0.480 e. The first-order chi connectivity index (χ1) is 9.32. The minimum absolute atomic E-state index is 0.0530. The van der Waals surface area contributed by atoms with Crippen molar-refractivity contribution >= 4 is 11.9 Å². The molecule has 1 amide bonds. The Labute approximate surface area is 118 Å². The lowest BCUT2D eigenvalue weighted by atomic mass is 9.96. The number of amides is 1. The number of carboxylic acid groups (broad SMARTS) is 1. The topological polar surface area (TPSA) is 66.4 Å². The fourth-order valence-corrected chi connectivity index (χ4v) is 2.01. The first-order valence-corrected chi connectivity index (χ1v) is 6.59. The summed E-state index contributed by atoms with van der Waals surface area (Å²) in [6, 6.07) is 5.35. The lowest BCUT2D eigenvalue weighted by Crippen LogP contribution is -2.44. The van der Waals surface area contributed by atoms with E-state index in [-0.39, 0.29) is 30.0 Å². The highest BCUT2D eigenvalue weighted by Crippen LogP contribution is 2.21. The first-order valence-electron chi connectivity index (χ1n) is 6.59. The van der Waals surface area contributed by atoms with Gasteiger partial charge in [-0.25, -0.2) is 9.18 Å². The molecule has 110 valence electrons. The number of benzene rings is 1. The van der Waals surface area contributed by atoms with Crippen LogP contribution in [-0.4, -0.2) is 23.0 Å². The molecule has 0 aliphatic rings. The molecule has 0 fully saturated rings. The number of carboxylic acids is 1. The molecule has 4 nitrogen and oxygen atoms in total. The van der Waals surface area contributed by atoms with Gasteiger partial charge < -0.3 is 10.4 Å². The molecule has 0 aromatic heterocycles. The summed E-state index contributed by atoms with van der Waals surface area (Å²) in [5.74, 6) is -2.32. The summed E-state index contributed by atoms with van der Waals surface area (Å²) >= 11 is 0. The highest BCUT2D eigenvalue weighted by molar-refractivity contribution is 5.84. The Balaban J connectivity index is 2.67. The highest BCUT2D eigenvalue weighted by atomic mass is 19.1. The van der Waals surface area contributed by atoms with Crippen LogP contribution in [0.25, 0.3) is 0 Å². The highest BCUT2D eigenvalue weighted by Gasteiger charge is 2.24. The van der Waals surface area contributed by atoms with Gasteiger partial charge in [0.05, 0.1) is 0 Å². The minimum atomic E-state index is -1.06. The molecular weight excluding hydrogens is 261 g/mol. The van der Waals surface area contributed by atoms with Gasteiger partial charge in [-0.05, 0) is 23.5 Å². The Bertz CT molecular complexity index is 488. The standard InChI is InChI=1S/C15H20FNO3/c1-9(2)14(15(19)20)17-13(18)8-10(3)11-6-4-5-7-12(11)16/h4-7,9-10,14H,8H2,1-3H3,(H,17,18)(H,19,20)/t10?,14-/m1/s1. The van der Waals surface area contributed by atoms with Crippen LogP contribution in [0.3, 0.4) is 0 Å². The van der Waals surface area contributed by atoms with Crippen molar-refractivity contribution in [3.05, 3.63) is 35.6 Å². The van der Waals surface area contributed by atoms with Crippen molar-refractivity contribution in [3.8, 4) is 0 Å². The smallest absolute Gasteiger partial charge is 0.326 e. The molecule has 0 aliphatic heterocycles. The van der Waals surface area contributed by atoms with Crippen LogP contribution in [-0.2, 0) is 9.59 Å². The fraction of sp³-hybridized carbons (Fsp3) is 0.467. The van der Waals surface area contributed by atoms with E-state index in [1.807, 2.05) is 0 Å². The van der Waals surface area contributed by atoms with Crippen molar-refractivity contribution in [2.45, 2.75) is 39.2 Å². The quantitative estimate of drug-likeness (QED) is 0.842. The van der Waals surface area contributed by atoms with Crippen LogP contribution in [0.4, 0.5) is 4.39 Å². The summed E-state index contributed by atoms with van der Waals surface area (Å²) in [5, 5.41) is 11.5. The molecule has 0 saturated heterocycles. The second-order valence-electron chi connectivity index (χ2n) is 5.25. The van der Waals surface area contributed by atoms with Crippen LogP contribution in [0.2, 0.25) is 0 Å². The van der Waals surface area contributed by atoms with E-state index in [1.165, 1.54) is 6.07 Å². The molecule has 1 aromatic carbocycles. The Hall–Kier alpha value is -1.91. The zero-order chi connectivity index (χ0) is 15.3. The van der Waals surface area contributed by atoms with Gasteiger partial charge in [0.25, 0.3) is 0 Å². The van der Waals surface area contributed by atoms with Gasteiger partial charge in [-0.15, -0.1) is 0 Å². The van der Waals surface area contributed by atoms with Crippen molar-refractivity contribution in [1.29, 1.82) is 0 Å². The molecule has 2 N–H and O–H groups in total. The number of hydrogen-bond acceptors (Lipinski definition) is 2. The largest absolute Gasteiger partial charge is 0.480 e. The van der Waals surface area contributed by atoms with Gasteiger partial charge in [-0.1, -0.05) is 39.0 Å². The molecule has 1 unspecified atom stereocenters. The molecule has 0 spiro atoms. The van der Waals surface area contributed by atoms with Crippen molar-refractivity contribution in [3.63, 3.8) is 0 Å². The molecule has 0 heterocycles. The van der Waals surface area contributed by atoms with E-state index < -0.39 is 12.0 Å². The van der Waals surface area contributed by atoms with Crippen molar-refractivity contribution < 1.29 is 19.1 Å². The second kappa shape index (κ2) is 7.03. The maximum absolute atomic E-state index is 13.6. The summed E-state index contributed by atoms with van der Waals surface area (Å²) < 4.78 is 13.6. The van der Waals surface area contributed by atoms with Crippen molar-refractivity contribution in [2.24, 2.45) is 5.92 Å². The van der Waals surface area contributed by atoms with E-state index in [0.717, 1.165) is 0 Å². The van der Waals surface area contributed by atoms with Gasteiger partial charge in [0.15, 0.2) is 0 Å². The van der Waals surface area contributed by atoms with Gasteiger partial charge in [0.1, 0.15) is 11.9 Å². The van der Waals surface area contributed by atoms with Crippen molar-refractivity contribution in [1.82, 2.24) is 5.32 Å². The SMILES string of the molecule is CC(CC(=O)N[C@@H](C(=O)O)C(C)C)c1ccccc1F. The number of carbonyl (C=O) groups is 2. The summed E-state index contributed by atoms with van der Waals surface area (Å²) in [6.45, 7) is 5.18. The molecule has 0 saturated carbocycles. The number of carbonyl (C=O) groups excluding carboxylic acids is 1. The van der Waals surface area contributed by atoms with Crippen LogP contribution in [0, 0.1) is 11.7 Å². The van der Waals surface area contributed by atoms with Gasteiger partial charge >= 0.3 is 5.97 Å². The zero-order valence-corrected chi connectivity index (χ0v) is 11.9. The molecule has 20 heavy (non-hydrogen) atoms. The van der Waals surface area contributed by atoms with Crippen LogP contribution >= 0.6 is 0 Å². The molecule has 2 atom stereocenters. The Kier molecular flexibility index (Phi) is 5.67. The molecule has 1 aromatic rings. The van der Waals surface area contributed by atoms with E-state index in [4.69, 9.17) is 5.11 Å². The fourth-order valence-electron chi connectivity index (χ4n) is 2.01. The second-order valence-corrected chi connectivity index (χ2v) is 5.25. The van der Waals surface area contributed by atoms with Crippen LogP contribution in [0.15, 0.2) is 24.3 Å². The molecular formula is C15H20FNO3. The molecule has 5 heteroatoms. The maximum atomic E-state index is 13.6. The Morgan fingerprint density at radius 1 is 1.25 bits per heavy atom. The molecule has 0 radical (unpaired) electrons. The first kappa shape index (κ1) is 16.1. The van der Waals surface area contributed by atoms with E-state index in [9.17, 15) is 14.0 Å². The molecule has 1 rings (SSSR count). The third-order valence-corrected chi connectivity index (χ3v) is 3.18. The predicted octanol–water partition coefficient (Wildman–Crippen LogP) is 2.54. The van der Waals surface area contributed by atoms with E-state index in [0.29, 0.717) is 5.56 Å². The number of nitrogens with one attached hydrogen (secondary N) is 1. The Morgan fingerprint density at radius 3 is 2.35 bits per heavy atom. The van der Waals surface area contributed by atoms with Crippen LogP contribution in [0.1, 0.15) is 38.7 Å². The number of halogens is 1. The molecule has 0 bridgehead atoms. The predicted molar refractivity (Wildman–Crippen MR) is 73.8 cm³/mol. The zero-order valence-electron chi connectivity index (χ0n) is 11.9. The summed E-state index contributed by atoms with van der Waals surface area (Å²) in [7, 11) is 0. The summed E-state index contributed by atoms with van der Waals surface area (Å²) in [4.78, 5) is 22.9. The normalized spacial score (nSPS) is 13.8. The van der Waals surface area contributed by atoms with Gasteiger partial charge in [-0.2, -0.15) is 0 Å². The third-order valence-electron chi connectivity index (χ3n) is 3.18. The lowest BCUT2D eigenvalue weighted by Gasteiger charge is -2.19. The van der Waals surface area contributed by atoms with Gasteiger partial charge in [0, 0.05) is 6.42 Å². The van der Waals surface area contributed by atoms with Crippen LogP contribution in [0.5, 0.6) is 0 Å². The molecule has 0 aliphatic carbocycles. The van der Waals surface area contributed by atoms with Gasteiger partial charge in [0.2, 0.25) is 5.91 Å². The third kappa shape index (κ3) is 4.33. The average molecular weight is 281 g/mol. The monoisotopic (exact) mass is 281 g/mol. The van der Waals surface area contributed by atoms with E-state index in [1.54, 1.807) is 39.0 Å². The number of aliphatic carboxylic acids is 1. The number of hydrogen-bond donors (Lipinski definition) is 2. The Morgan fingerprint density at radius 2 is 1.85 bits per heavy atom. The average Bonchev–Trinajstić information content (AvgIpc) is 2.35. The number of rotatable bonds is 6. The van der Waals surface area contributed by atoms with Crippen molar-refractivity contribution in [2.75, 3.05) is 0 Å². The van der Waals surface area contributed by atoms with Crippen LogP contribution < -0.4 is 5.32 Å². The van der Waals surface area contributed by atoms with E-state index >= 15 is 0 Å². The van der Waals surface area contributed by atoms with E-state index in [2.05, 4.69) is 5.32 Å². The maximum Gasteiger partial charge on any atom is 0.326 e.